The Morgan fingerprint density at radius 1 is 1.35 bits per heavy atom. The first-order chi connectivity index (χ1) is 7.86. The highest BCUT2D eigenvalue weighted by Crippen LogP contribution is 2.29. The third-order valence-corrected chi connectivity index (χ3v) is 3.13. The van der Waals surface area contributed by atoms with Crippen LogP contribution in [-0.2, 0) is 10.2 Å². The van der Waals surface area contributed by atoms with Gasteiger partial charge in [-0.05, 0) is 17.0 Å². The Labute approximate surface area is 108 Å². The largest absolute Gasteiger partial charge is 0.326 e. The lowest BCUT2D eigenvalue weighted by Gasteiger charge is -2.23. The molecule has 0 radical (unpaired) electrons. The maximum atomic E-state index is 11.8. The predicted molar refractivity (Wildman–Crippen MR) is 73.7 cm³/mol. The van der Waals surface area contributed by atoms with Gasteiger partial charge in [-0.25, -0.2) is 0 Å². The van der Waals surface area contributed by atoms with Gasteiger partial charge < -0.3 is 5.32 Å². The van der Waals surface area contributed by atoms with Crippen LogP contribution in [0.15, 0.2) is 24.3 Å². The van der Waals surface area contributed by atoms with E-state index < -0.39 is 0 Å². The summed E-state index contributed by atoms with van der Waals surface area (Å²) in [6.07, 6.45) is 0. The van der Waals surface area contributed by atoms with Gasteiger partial charge in [0.05, 0.1) is 0 Å². The highest BCUT2D eigenvalue weighted by Gasteiger charge is 2.19. The van der Waals surface area contributed by atoms with Gasteiger partial charge in [0.25, 0.3) is 0 Å². The number of anilines is 1. The second-order valence-corrected chi connectivity index (χ2v) is 5.65. The lowest BCUT2D eigenvalue weighted by Crippen LogP contribution is -2.24. The van der Waals surface area contributed by atoms with Crippen LogP contribution in [0.5, 0.6) is 0 Å². The average Bonchev–Trinajstić information content (AvgIpc) is 2.27. The number of benzene rings is 1. The zero-order valence-electron chi connectivity index (χ0n) is 10.9. The topological polar surface area (TPSA) is 29.1 Å². The van der Waals surface area contributed by atoms with Crippen molar-refractivity contribution in [2.75, 3.05) is 11.2 Å². The summed E-state index contributed by atoms with van der Waals surface area (Å²) in [5.74, 6) is 0.130. The summed E-state index contributed by atoms with van der Waals surface area (Å²) in [5, 5.41) is 2.94. The van der Waals surface area contributed by atoms with E-state index in [1.807, 2.05) is 31.2 Å². The lowest BCUT2D eigenvalue weighted by atomic mass is 9.86. The van der Waals surface area contributed by atoms with Crippen molar-refractivity contribution in [3.05, 3.63) is 29.8 Å². The Hall–Kier alpha value is -1.02. The molecular formula is C14H20ClNO. The van der Waals surface area contributed by atoms with Crippen LogP contribution >= 0.6 is 11.6 Å². The molecule has 0 fully saturated rings. The molecule has 1 unspecified atom stereocenters. The van der Waals surface area contributed by atoms with Crippen molar-refractivity contribution in [2.45, 2.75) is 33.1 Å². The van der Waals surface area contributed by atoms with Crippen LogP contribution in [0.3, 0.4) is 0 Å². The number of halogens is 1. The average molecular weight is 254 g/mol. The Morgan fingerprint density at radius 2 is 1.94 bits per heavy atom. The molecule has 1 aromatic rings. The number of nitrogens with one attached hydrogen (secondary N) is 1. The number of rotatable bonds is 3. The van der Waals surface area contributed by atoms with Gasteiger partial charge in [0.2, 0.25) is 5.91 Å². The molecule has 0 aliphatic carbocycles. The summed E-state index contributed by atoms with van der Waals surface area (Å²) in [7, 11) is 0. The summed E-state index contributed by atoms with van der Waals surface area (Å²) < 4.78 is 0. The SMILES string of the molecule is CC(CCl)C(=O)Nc1ccccc1C(C)(C)C. The third-order valence-electron chi connectivity index (χ3n) is 2.67. The first kappa shape index (κ1) is 14.0. The molecule has 0 aliphatic rings. The molecule has 94 valence electrons. The van der Waals surface area contributed by atoms with Crippen molar-refractivity contribution in [2.24, 2.45) is 5.92 Å². The van der Waals surface area contributed by atoms with Gasteiger partial charge in [-0.15, -0.1) is 11.6 Å². The first-order valence-electron chi connectivity index (χ1n) is 5.82. The van der Waals surface area contributed by atoms with E-state index >= 15 is 0 Å². The van der Waals surface area contributed by atoms with Crippen molar-refractivity contribution in [3.8, 4) is 0 Å². The smallest absolute Gasteiger partial charge is 0.228 e. The van der Waals surface area contributed by atoms with E-state index in [4.69, 9.17) is 11.6 Å². The lowest BCUT2D eigenvalue weighted by molar-refractivity contribution is -0.118. The maximum Gasteiger partial charge on any atom is 0.228 e. The van der Waals surface area contributed by atoms with Gasteiger partial charge in [-0.1, -0.05) is 45.9 Å². The molecule has 0 aliphatic heterocycles. The van der Waals surface area contributed by atoms with E-state index in [1.165, 1.54) is 0 Å². The first-order valence-corrected chi connectivity index (χ1v) is 6.36. The molecule has 1 atom stereocenters. The molecule has 0 saturated heterocycles. The van der Waals surface area contributed by atoms with E-state index in [9.17, 15) is 4.79 Å². The fourth-order valence-electron chi connectivity index (χ4n) is 1.57. The molecule has 0 bridgehead atoms. The Kier molecular flexibility index (Phi) is 4.58. The molecule has 1 N–H and O–H groups in total. The van der Waals surface area contributed by atoms with Crippen molar-refractivity contribution in [1.29, 1.82) is 0 Å². The van der Waals surface area contributed by atoms with E-state index in [-0.39, 0.29) is 17.2 Å². The molecule has 1 aromatic carbocycles. The van der Waals surface area contributed by atoms with Crippen LogP contribution in [0.25, 0.3) is 0 Å². The van der Waals surface area contributed by atoms with E-state index in [0.717, 1.165) is 11.3 Å². The number of hydrogen-bond donors (Lipinski definition) is 1. The number of para-hydroxylation sites is 1. The summed E-state index contributed by atoms with van der Waals surface area (Å²) in [6, 6.07) is 7.89. The highest BCUT2D eigenvalue weighted by molar-refractivity contribution is 6.19. The summed E-state index contributed by atoms with van der Waals surface area (Å²) >= 11 is 5.68. The monoisotopic (exact) mass is 253 g/mol. The molecule has 3 heteroatoms. The van der Waals surface area contributed by atoms with Gasteiger partial charge in [0, 0.05) is 17.5 Å². The zero-order valence-corrected chi connectivity index (χ0v) is 11.6. The quantitative estimate of drug-likeness (QED) is 0.816. The molecule has 0 aromatic heterocycles. The fraction of sp³-hybridized carbons (Fsp3) is 0.500. The number of alkyl halides is 1. The van der Waals surface area contributed by atoms with Crippen molar-refractivity contribution >= 4 is 23.2 Å². The van der Waals surface area contributed by atoms with Crippen LogP contribution in [0.1, 0.15) is 33.3 Å². The second-order valence-electron chi connectivity index (χ2n) is 5.34. The van der Waals surface area contributed by atoms with Crippen molar-refractivity contribution < 1.29 is 4.79 Å². The standard InChI is InChI=1S/C14H20ClNO/c1-10(9-15)13(17)16-12-8-6-5-7-11(12)14(2,3)4/h5-8,10H,9H2,1-4H3,(H,16,17). The molecule has 17 heavy (non-hydrogen) atoms. The van der Waals surface area contributed by atoms with E-state index in [0.29, 0.717) is 5.88 Å². The minimum Gasteiger partial charge on any atom is -0.326 e. The Balaban J connectivity index is 2.96. The molecular weight excluding hydrogens is 234 g/mol. The second kappa shape index (κ2) is 5.54. The van der Waals surface area contributed by atoms with Crippen LogP contribution in [0.4, 0.5) is 5.69 Å². The maximum absolute atomic E-state index is 11.8. The van der Waals surface area contributed by atoms with Gasteiger partial charge in [-0.3, -0.25) is 4.79 Å². The fourth-order valence-corrected chi connectivity index (χ4v) is 1.71. The van der Waals surface area contributed by atoms with E-state index in [1.54, 1.807) is 0 Å². The molecule has 1 rings (SSSR count). The van der Waals surface area contributed by atoms with Crippen LogP contribution < -0.4 is 5.32 Å². The van der Waals surface area contributed by atoms with Crippen LogP contribution in [-0.4, -0.2) is 11.8 Å². The number of carbonyl (C=O) groups is 1. The van der Waals surface area contributed by atoms with Gasteiger partial charge in [0.1, 0.15) is 0 Å². The van der Waals surface area contributed by atoms with Gasteiger partial charge >= 0.3 is 0 Å². The van der Waals surface area contributed by atoms with Crippen molar-refractivity contribution in [1.82, 2.24) is 0 Å². The molecule has 0 heterocycles. The predicted octanol–water partition coefficient (Wildman–Crippen LogP) is 3.80. The van der Waals surface area contributed by atoms with Crippen LogP contribution in [0, 0.1) is 5.92 Å². The highest BCUT2D eigenvalue weighted by atomic mass is 35.5. The zero-order chi connectivity index (χ0) is 13.1. The number of carbonyl (C=O) groups excluding carboxylic acids is 1. The van der Waals surface area contributed by atoms with Crippen molar-refractivity contribution in [3.63, 3.8) is 0 Å². The molecule has 0 spiro atoms. The van der Waals surface area contributed by atoms with E-state index in [2.05, 4.69) is 26.1 Å². The summed E-state index contributed by atoms with van der Waals surface area (Å²) in [4.78, 5) is 11.8. The minimum atomic E-state index is -0.176. The minimum absolute atomic E-state index is 0.00801. The number of hydrogen-bond acceptors (Lipinski definition) is 1. The van der Waals surface area contributed by atoms with Gasteiger partial charge in [0.15, 0.2) is 0 Å². The van der Waals surface area contributed by atoms with Crippen LogP contribution in [0.2, 0.25) is 0 Å². The summed E-state index contributed by atoms with van der Waals surface area (Å²) in [6.45, 7) is 8.21. The molecule has 2 nitrogen and oxygen atoms in total. The summed E-state index contributed by atoms with van der Waals surface area (Å²) in [5.41, 5.74) is 2.02. The molecule has 0 saturated carbocycles. The van der Waals surface area contributed by atoms with Gasteiger partial charge in [-0.2, -0.15) is 0 Å². The number of amides is 1. The Morgan fingerprint density at radius 3 is 2.47 bits per heavy atom. The Bertz CT molecular complexity index is 395. The molecule has 1 amide bonds. The third kappa shape index (κ3) is 3.74. The normalized spacial score (nSPS) is 13.2.